The van der Waals surface area contributed by atoms with E-state index in [1.807, 2.05) is 6.92 Å². The molecule has 0 spiro atoms. The molecule has 0 aliphatic rings. The van der Waals surface area contributed by atoms with Crippen molar-refractivity contribution in [2.75, 3.05) is 6.61 Å². The van der Waals surface area contributed by atoms with Crippen molar-refractivity contribution in [3.05, 3.63) is 33.2 Å². The third-order valence-corrected chi connectivity index (χ3v) is 2.08. The van der Waals surface area contributed by atoms with Gasteiger partial charge in [0.2, 0.25) is 0 Å². The fourth-order valence-electron chi connectivity index (χ4n) is 1.28. The second kappa shape index (κ2) is 5.12. The Morgan fingerprint density at radius 1 is 1.56 bits per heavy atom. The highest BCUT2D eigenvalue weighted by Crippen LogP contribution is 2.07. The van der Waals surface area contributed by atoms with Crippen LogP contribution in [0.2, 0.25) is 0 Å². The number of rotatable bonds is 3. The van der Waals surface area contributed by atoms with Crippen LogP contribution in [0, 0.1) is 11.3 Å². The van der Waals surface area contributed by atoms with Crippen LogP contribution in [0.1, 0.15) is 35.5 Å². The van der Waals surface area contributed by atoms with Gasteiger partial charge in [0.15, 0.2) is 0 Å². The number of nitriles is 1. The summed E-state index contributed by atoms with van der Waals surface area (Å²) in [7, 11) is 0. The van der Waals surface area contributed by atoms with Gasteiger partial charge in [0, 0.05) is 5.69 Å². The Bertz CT molecular complexity index is 497. The molecule has 84 valence electrons. The molecule has 5 nitrogen and oxygen atoms in total. The number of pyridine rings is 1. The minimum atomic E-state index is -0.639. The van der Waals surface area contributed by atoms with Crippen molar-refractivity contribution in [3.63, 3.8) is 0 Å². The van der Waals surface area contributed by atoms with Crippen LogP contribution in [0.15, 0.2) is 10.9 Å². The van der Waals surface area contributed by atoms with Gasteiger partial charge in [0.1, 0.15) is 11.6 Å². The number of esters is 1. The standard InChI is InChI=1S/C11H12N2O3/c1-3-7-5-8(11(15)16-4-2)9(6-12)10(14)13-7/h5H,3-4H2,1-2H3,(H,13,14). The second-order valence-corrected chi connectivity index (χ2v) is 3.10. The van der Waals surface area contributed by atoms with Crippen molar-refractivity contribution < 1.29 is 9.53 Å². The van der Waals surface area contributed by atoms with E-state index in [2.05, 4.69) is 4.98 Å². The Hall–Kier alpha value is -2.09. The summed E-state index contributed by atoms with van der Waals surface area (Å²) in [5, 5.41) is 8.80. The number of nitrogens with one attached hydrogen (secondary N) is 1. The van der Waals surface area contributed by atoms with Gasteiger partial charge in [-0.3, -0.25) is 4.79 Å². The maximum Gasteiger partial charge on any atom is 0.339 e. The van der Waals surface area contributed by atoms with Crippen molar-refractivity contribution in [1.29, 1.82) is 5.26 Å². The highest BCUT2D eigenvalue weighted by molar-refractivity contribution is 5.92. The number of aryl methyl sites for hydroxylation is 1. The van der Waals surface area contributed by atoms with Gasteiger partial charge in [-0.1, -0.05) is 6.92 Å². The predicted molar refractivity (Wildman–Crippen MR) is 57.1 cm³/mol. The van der Waals surface area contributed by atoms with Crippen LogP contribution in [0.3, 0.4) is 0 Å². The van der Waals surface area contributed by atoms with Crippen LogP contribution >= 0.6 is 0 Å². The van der Waals surface area contributed by atoms with Crippen LogP contribution in [-0.4, -0.2) is 17.6 Å². The van der Waals surface area contributed by atoms with Crippen molar-refractivity contribution in [3.8, 4) is 6.07 Å². The van der Waals surface area contributed by atoms with E-state index in [0.717, 1.165) is 0 Å². The van der Waals surface area contributed by atoms with E-state index in [-0.39, 0.29) is 17.7 Å². The van der Waals surface area contributed by atoms with E-state index < -0.39 is 11.5 Å². The number of carbonyl (C=O) groups excluding carboxylic acids is 1. The molecule has 0 aliphatic heterocycles. The number of ether oxygens (including phenoxy) is 1. The average molecular weight is 220 g/mol. The minimum Gasteiger partial charge on any atom is -0.462 e. The Kier molecular flexibility index (Phi) is 3.84. The molecule has 0 saturated heterocycles. The monoisotopic (exact) mass is 220 g/mol. The molecule has 0 fully saturated rings. The van der Waals surface area contributed by atoms with Gasteiger partial charge in [-0.05, 0) is 19.4 Å². The smallest absolute Gasteiger partial charge is 0.339 e. The summed E-state index contributed by atoms with van der Waals surface area (Å²) in [6.07, 6.45) is 0.577. The lowest BCUT2D eigenvalue weighted by Crippen LogP contribution is -2.19. The third kappa shape index (κ3) is 2.28. The molecule has 1 N–H and O–H groups in total. The average Bonchev–Trinajstić information content (AvgIpc) is 2.28. The summed E-state index contributed by atoms with van der Waals surface area (Å²) in [6.45, 7) is 3.71. The van der Waals surface area contributed by atoms with Crippen LogP contribution in [0.25, 0.3) is 0 Å². The van der Waals surface area contributed by atoms with Crippen LogP contribution < -0.4 is 5.56 Å². The Balaban J connectivity index is 3.35. The van der Waals surface area contributed by atoms with Crippen molar-refractivity contribution in [1.82, 2.24) is 4.98 Å². The number of aromatic amines is 1. The van der Waals surface area contributed by atoms with Crippen molar-refractivity contribution in [2.45, 2.75) is 20.3 Å². The minimum absolute atomic E-state index is 0.0324. The summed E-state index contributed by atoms with van der Waals surface area (Å²) in [5.41, 5.74) is -0.113. The Morgan fingerprint density at radius 3 is 2.75 bits per heavy atom. The second-order valence-electron chi connectivity index (χ2n) is 3.10. The number of aromatic nitrogens is 1. The summed E-state index contributed by atoms with van der Waals surface area (Å²) < 4.78 is 4.78. The maximum atomic E-state index is 11.5. The molecule has 1 aromatic rings. The fraction of sp³-hybridized carbons (Fsp3) is 0.364. The fourth-order valence-corrected chi connectivity index (χ4v) is 1.28. The SMILES string of the molecule is CCOC(=O)c1cc(CC)[nH]c(=O)c1C#N. The lowest BCUT2D eigenvalue weighted by atomic mass is 10.1. The van der Waals surface area contributed by atoms with Crippen LogP contribution in [0.4, 0.5) is 0 Å². The quantitative estimate of drug-likeness (QED) is 0.770. The van der Waals surface area contributed by atoms with Gasteiger partial charge in [0.25, 0.3) is 5.56 Å². The molecular weight excluding hydrogens is 208 g/mol. The number of hydrogen-bond donors (Lipinski definition) is 1. The Labute approximate surface area is 92.7 Å². The first kappa shape index (κ1) is 12.0. The molecule has 0 bridgehead atoms. The van der Waals surface area contributed by atoms with Gasteiger partial charge < -0.3 is 9.72 Å². The van der Waals surface area contributed by atoms with Crippen LogP contribution in [0.5, 0.6) is 0 Å². The highest BCUT2D eigenvalue weighted by Gasteiger charge is 2.16. The van der Waals surface area contributed by atoms with E-state index in [1.54, 1.807) is 13.0 Å². The molecule has 1 rings (SSSR count). The molecule has 1 aromatic heterocycles. The first-order valence-corrected chi connectivity index (χ1v) is 4.97. The maximum absolute atomic E-state index is 11.5. The number of nitrogens with zero attached hydrogens (tertiary/aromatic N) is 1. The molecule has 0 atom stereocenters. The summed E-state index contributed by atoms with van der Waals surface area (Å²) >= 11 is 0. The van der Waals surface area contributed by atoms with E-state index in [0.29, 0.717) is 12.1 Å². The molecule has 0 radical (unpaired) electrons. The normalized spacial score (nSPS) is 9.56. The van der Waals surface area contributed by atoms with Crippen molar-refractivity contribution in [2.24, 2.45) is 0 Å². The molecule has 16 heavy (non-hydrogen) atoms. The van der Waals surface area contributed by atoms with E-state index in [4.69, 9.17) is 10.00 Å². The Morgan fingerprint density at radius 2 is 2.25 bits per heavy atom. The topological polar surface area (TPSA) is 83.0 Å². The highest BCUT2D eigenvalue weighted by atomic mass is 16.5. The summed E-state index contributed by atoms with van der Waals surface area (Å²) in [6, 6.07) is 3.19. The van der Waals surface area contributed by atoms with E-state index in [1.165, 1.54) is 6.07 Å². The number of hydrogen-bond acceptors (Lipinski definition) is 4. The molecule has 5 heteroatoms. The zero-order chi connectivity index (χ0) is 12.1. The number of H-pyrrole nitrogens is 1. The third-order valence-electron chi connectivity index (χ3n) is 2.08. The number of carbonyl (C=O) groups is 1. The largest absolute Gasteiger partial charge is 0.462 e. The van der Waals surface area contributed by atoms with Crippen LogP contribution in [-0.2, 0) is 11.2 Å². The van der Waals surface area contributed by atoms with Gasteiger partial charge in [-0.2, -0.15) is 5.26 Å². The zero-order valence-electron chi connectivity index (χ0n) is 9.16. The van der Waals surface area contributed by atoms with Crippen molar-refractivity contribution >= 4 is 5.97 Å². The predicted octanol–water partition coefficient (Wildman–Crippen LogP) is 0.986. The van der Waals surface area contributed by atoms with E-state index in [9.17, 15) is 9.59 Å². The first-order chi connectivity index (χ1) is 7.63. The van der Waals surface area contributed by atoms with Gasteiger partial charge in [-0.25, -0.2) is 4.79 Å². The molecule has 0 aromatic carbocycles. The lowest BCUT2D eigenvalue weighted by Gasteiger charge is -2.05. The van der Waals surface area contributed by atoms with Gasteiger partial charge >= 0.3 is 5.97 Å². The zero-order valence-corrected chi connectivity index (χ0v) is 9.16. The molecule has 0 aliphatic carbocycles. The summed E-state index contributed by atoms with van der Waals surface area (Å²) in [4.78, 5) is 25.5. The van der Waals surface area contributed by atoms with Gasteiger partial charge in [-0.15, -0.1) is 0 Å². The lowest BCUT2D eigenvalue weighted by molar-refractivity contribution is 0.0525. The molecule has 1 heterocycles. The van der Waals surface area contributed by atoms with Gasteiger partial charge in [0.05, 0.1) is 12.2 Å². The summed E-state index contributed by atoms with van der Waals surface area (Å²) in [5.74, 6) is -0.639. The first-order valence-electron chi connectivity index (χ1n) is 4.97. The van der Waals surface area contributed by atoms with E-state index >= 15 is 0 Å². The molecule has 0 amide bonds. The molecule has 0 saturated carbocycles. The molecular formula is C11H12N2O3. The molecule has 0 unspecified atom stereocenters.